The number of aromatic nitrogens is 1. The molecule has 1 saturated heterocycles. The minimum Gasteiger partial charge on any atom is -0.329 e. The maximum absolute atomic E-state index is 13.0. The largest absolute Gasteiger partial charge is 0.329 e. The molecule has 1 aliphatic heterocycles. The number of nitrogens with one attached hydrogen (secondary N) is 1. The molecule has 0 aliphatic carbocycles. The Morgan fingerprint density at radius 1 is 1.27 bits per heavy atom. The lowest BCUT2D eigenvalue weighted by atomic mass is 10.0. The van der Waals surface area contributed by atoms with Crippen LogP contribution in [-0.2, 0) is 0 Å². The predicted octanol–water partition coefficient (Wildman–Crippen LogP) is 2.49. The van der Waals surface area contributed by atoms with Crippen LogP contribution in [-0.4, -0.2) is 35.4 Å². The molecule has 22 heavy (non-hydrogen) atoms. The zero-order chi connectivity index (χ0) is 15.5. The van der Waals surface area contributed by atoms with Crippen LogP contribution in [0.1, 0.15) is 33.1 Å². The Bertz CT molecular complexity index is 649. The standard InChI is InChI=1S/C18H21N3O/c1-13-8-14(2)10-16(9-13)18(22)21-7-6-20-12-17(21)15-4-3-5-19-11-15/h3-5,8-11,17,20H,6-7,12H2,1-2H3. The molecule has 0 bridgehead atoms. The number of nitrogens with zero attached hydrogens (tertiary/aromatic N) is 2. The summed E-state index contributed by atoms with van der Waals surface area (Å²) in [7, 11) is 0. The molecule has 2 aromatic rings. The molecule has 114 valence electrons. The quantitative estimate of drug-likeness (QED) is 0.926. The summed E-state index contributed by atoms with van der Waals surface area (Å²) in [6.45, 7) is 6.36. The maximum atomic E-state index is 13.0. The van der Waals surface area contributed by atoms with E-state index in [1.54, 1.807) is 6.20 Å². The van der Waals surface area contributed by atoms with Gasteiger partial charge in [0.05, 0.1) is 6.04 Å². The molecule has 1 aromatic carbocycles. The van der Waals surface area contributed by atoms with Gasteiger partial charge in [-0.2, -0.15) is 0 Å². The fourth-order valence-electron chi connectivity index (χ4n) is 3.08. The average Bonchev–Trinajstić information content (AvgIpc) is 2.54. The third kappa shape index (κ3) is 3.02. The molecule has 1 aliphatic rings. The summed E-state index contributed by atoms with van der Waals surface area (Å²) < 4.78 is 0. The van der Waals surface area contributed by atoms with Crippen LogP contribution in [0.2, 0.25) is 0 Å². The molecule has 1 aromatic heterocycles. The number of carbonyl (C=O) groups excluding carboxylic acids is 1. The lowest BCUT2D eigenvalue weighted by Gasteiger charge is -2.36. The first-order valence-corrected chi connectivity index (χ1v) is 7.65. The Balaban J connectivity index is 1.91. The van der Waals surface area contributed by atoms with Gasteiger partial charge in [-0.25, -0.2) is 0 Å². The fraction of sp³-hybridized carbons (Fsp3) is 0.333. The summed E-state index contributed by atoms with van der Waals surface area (Å²) in [5.74, 6) is 0.0992. The lowest BCUT2D eigenvalue weighted by Crippen LogP contribution is -2.48. The number of amides is 1. The minimum absolute atomic E-state index is 0.0377. The number of hydrogen-bond donors (Lipinski definition) is 1. The second-order valence-corrected chi connectivity index (χ2v) is 5.88. The molecule has 4 nitrogen and oxygen atoms in total. The Morgan fingerprint density at radius 3 is 2.73 bits per heavy atom. The van der Waals surface area contributed by atoms with E-state index in [0.29, 0.717) is 6.54 Å². The maximum Gasteiger partial charge on any atom is 0.254 e. The first kappa shape index (κ1) is 14.7. The van der Waals surface area contributed by atoms with E-state index in [9.17, 15) is 4.79 Å². The number of rotatable bonds is 2. The van der Waals surface area contributed by atoms with Crippen molar-refractivity contribution in [1.82, 2.24) is 15.2 Å². The first-order valence-electron chi connectivity index (χ1n) is 7.65. The highest BCUT2D eigenvalue weighted by atomic mass is 16.2. The van der Waals surface area contributed by atoms with Crippen molar-refractivity contribution in [3.05, 3.63) is 65.0 Å². The topological polar surface area (TPSA) is 45.2 Å². The van der Waals surface area contributed by atoms with Crippen molar-refractivity contribution in [3.8, 4) is 0 Å². The van der Waals surface area contributed by atoms with E-state index >= 15 is 0 Å². The summed E-state index contributed by atoms with van der Waals surface area (Å²) in [5.41, 5.74) is 4.09. The predicted molar refractivity (Wildman–Crippen MR) is 86.8 cm³/mol. The number of carbonyl (C=O) groups is 1. The Morgan fingerprint density at radius 2 is 2.05 bits per heavy atom. The van der Waals surface area contributed by atoms with Gasteiger partial charge >= 0.3 is 0 Å². The van der Waals surface area contributed by atoms with E-state index in [-0.39, 0.29) is 11.9 Å². The lowest BCUT2D eigenvalue weighted by molar-refractivity contribution is 0.0634. The van der Waals surface area contributed by atoms with Gasteiger partial charge in [-0.05, 0) is 37.6 Å². The Kier molecular flexibility index (Phi) is 4.20. The van der Waals surface area contributed by atoms with Gasteiger partial charge in [0.15, 0.2) is 0 Å². The van der Waals surface area contributed by atoms with Crippen molar-refractivity contribution in [2.24, 2.45) is 0 Å². The minimum atomic E-state index is 0.0377. The zero-order valence-electron chi connectivity index (χ0n) is 13.0. The van der Waals surface area contributed by atoms with Crippen LogP contribution in [0.25, 0.3) is 0 Å². The van der Waals surface area contributed by atoms with Crippen molar-refractivity contribution >= 4 is 5.91 Å². The number of benzene rings is 1. The Hall–Kier alpha value is -2.20. The highest BCUT2D eigenvalue weighted by Crippen LogP contribution is 2.24. The number of aryl methyl sites for hydroxylation is 2. The van der Waals surface area contributed by atoms with Crippen LogP contribution in [0.5, 0.6) is 0 Å². The van der Waals surface area contributed by atoms with Crippen LogP contribution in [0.4, 0.5) is 0 Å². The average molecular weight is 295 g/mol. The van der Waals surface area contributed by atoms with Crippen molar-refractivity contribution in [2.75, 3.05) is 19.6 Å². The van der Waals surface area contributed by atoms with Gasteiger partial charge in [-0.15, -0.1) is 0 Å². The van der Waals surface area contributed by atoms with Crippen molar-refractivity contribution in [3.63, 3.8) is 0 Å². The van der Waals surface area contributed by atoms with E-state index in [4.69, 9.17) is 0 Å². The molecule has 1 atom stereocenters. The highest BCUT2D eigenvalue weighted by Gasteiger charge is 2.28. The van der Waals surface area contributed by atoms with E-state index in [1.165, 1.54) is 0 Å². The highest BCUT2D eigenvalue weighted by molar-refractivity contribution is 5.95. The number of pyridine rings is 1. The SMILES string of the molecule is Cc1cc(C)cc(C(=O)N2CCNCC2c2cccnc2)c1. The van der Waals surface area contributed by atoms with Crippen molar-refractivity contribution in [2.45, 2.75) is 19.9 Å². The second-order valence-electron chi connectivity index (χ2n) is 5.88. The summed E-state index contributed by atoms with van der Waals surface area (Å²) in [4.78, 5) is 19.1. The van der Waals surface area contributed by atoms with Crippen molar-refractivity contribution in [1.29, 1.82) is 0 Å². The smallest absolute Gasteiger partial charge is 0.254 e. The van der Waals surface area contributed by atoms with E-state index in [1.807, 2.05) is 49.2 Å². The van der Waals surface area contributed by atoms with Crippen LogP contribution >= 0.6 is 0 Å². The van der Waals surface area contributed by atoms with Crippen LogP contribution in [0, 0.1) is 13.8 Å². The molecular formula is C18H21N3O. The third-order valence-electron chi connectivity index (χ3n) is 4.04. The van der Waals surface area contributed by atoms with Crippen LogP contribution in [0.15, 0.2) is 42.7 Å². The third-order valence-corrected chi connectivity index (χ3v) is 4.04. The second kappa shape index (κ2) is 6.28. The Labute approximate surface area is 131 Å². The van der Waals surface area contributed by atoms with Crippen LogP contribution in [0.3, 0.4) is 0 Å². The summed E-state index contributed by atoms with van der Waals surface area (Å²) in [6, 6.07) is 10.0. The summed E-state index contributed by atoms with van der Waals surface area (Å²) >= 11 is 0. The van der Waals surface area contributed by atoms with E-state index < -0.39 is 0 Å². The van der Waals surface area contributed by atoms with Gasteiger partial charge < -0.3 is 10.2 Å². The van der Waals surface area contributed by atoms with Crippen molar-refractivity contribution < 1.29 is 4.79 Å². The summed E-state index contributed by atoms with van der Waals surface area (Å²) in [6.07, 6.45) is 3.61. The number of piperazine rings is 1. The van der Waals surface area contributed by atoms with Gasteiger partial charge in [0.1, 0.15) is 0 Å². The van der Waals surface area contributed by atoms with Crippen LogP contribution < -0.4 is 5.32 Å². The summed E-state index contributed by atoms with van der Waals surface area (Å²) in [5, 5.41) is 3.37. The van der Waals surface area contributed by atoms with Gasteiger partial charge in [0.25, 0.3) is 5.91 Å². The molecule has 1 unspecified atom stereocenters. The van der Waals surface area contributed by atoms with E-state index in [2.05, 4.69) is 16.4 Å². The molecule has 0 radical (unpaired) electrons. The van der Waals surface area contributed by atoms with Gasteiger partial charge in [0.2, 0.25) is 0 Å². The number of hydrogen-bond acceptors (Lipinski definition) is 3. The molecule has 4 heteroatoms. The molecule has 1 amide bonds. The fourth-order valence-corrected chi connectivity index (χ4v) is 3.08. The molecular weight excluding hydrogens is 274 g/mol. The molecule has 0 saturated carbocycles. The molecule has 2 heterocycles. The molecule has 1 fully saturated rings. The zero-order valence-corrected chi connectivity index (χ0v) is 13.0. The van der Waals surface area contributed by atoms with Gasteiger partial charge in [-0.3, -0.25) is 9.78 Å². The first-order chi connectivity index (χ1) is 10.6. The molecule has 0 spiro atoms. The molecule has 1 N–H and O–H groups in total. The molecule has 3 rings (SSSR count). The monoisotopic (exact) mass is 295 g/mol. The normalized spacial score (nSPS) is 18.3. The van der Waals surface area contributed by atoms with E-state index in [0.717, 1.165) is 35.3 Å². The van der Waals surface area contributed by atoms with Gasteiger partial charge in [0, 0.05) is 37.6 Å². The van der Waals surface area contributed by atoms with Gasteiger partial charge in [-0.1, -0.05) is 23.3 Å².